The largest absolute Gasteiger partial charge is 0.418 e. The van der Waals surface area contributed by atoms with Crippen molar-refractivity contribution in [1.29, 1.82) is 0 Å². The summed E-state index contributed by atoms with van der Waals surface area (Å²) >= 11 is 0. The van der Waals surface area contributed by atoms with Gasteiger partial charge < -0.3 is 10.6 Å². The van der Waals surface area contributed by atoms with Crippen molar-refractivity contribution in [3.63, 3.8) is 0 Å². The summed E-state index contributed by atoms with van der Waals surface area (Å²) < 4.78 is 49.4. The molecular formula is C12H13F3N2O2S. The third-order valence-corrected chi connectivity index (χ3v) is 4.35. The molecular weight excluding hydrogens is 293 g/mol. The Labute approximate surface area is 116 Å². The molecule has 1 aliphatic heterocycles. The van der Waals surface area contributed by atoms with Gasteiger partial charge in [0.1, 0.15) is 0 Å². The molecule has 1 saturated heterocycles. The average Bonchev–Trinajstić information content (AvgIpc) is 2.38. The quantitative estimate of drug-likeness (QED) is 0.800. The molecule has 0 atom stereocenters. The van der Waals surface area contributed by atoms with Gasteiger partial charge in [-0.3, -0.25) is 9.00 Å². The van der Waals surface area contributed by atoms with Crippen LogP contribution in [-0.2, 0) is 17.0 Å². The molecule has 8 heteroatoms. The Balaban J connectivity index is 2.25. The highest BCUT2D eigenvalue weighted by atomic mass is 32.2. The predicted molar refractivity (Wildman–Crippen MR) is 69.6 cm³/mol. The summed E-state index contributed by atoms with van der Waals surface area (Å²) in [6.45, 7) is 0.578. The van der Waals surface area contributed by atoms with E-state index < -0.39 is 34.1 Å². The highest BCUT2D eigenvalue weighted by Gasteiger charge is 2.34. The number of benzene rings is 1. The highest BCUT2D eigenvalue weighted by Crippen LogP contribution is 2.34. The third kappa shape index (κ3) is 3.12. The molecule has 0 unspecified atom stereocenters. The summed E-state index contributed by atoms with van der Waals surface area (Å²) in [5.41, 5.74) is 3.81. The second kappa shape index (κ2) is 5.43. The van der Waals surface area contributed by atoms with Gasteiger partial charge in [0.2, 0.25) is 0 Å². The summed E-state index contributed by atoms with van der Waals surface area (Å²) in [7, 11) is -0.950. The Hall–Kier alpha value is -1.57. The van der Waals surface area contributed by atoms with Gasteiger partial charge in [0, 0.05) is 46.6 Å². The number of halogens is 3. The standard InChI is InChI=1S/C12H13F3N2O2S/c13-12(14,15)9-7-8(1-2-10(9)16)11(18)17-3-5-20(19)6-4-17/h1-2,7H,3-6,16H2. The fraction of sp³-hybridized carbons (Fsp3) is 0.417. The van der Waals surface area contributed by atoms with Crippen LogP contribution in [0.2, 0.25) is 0 Å². The fourth-order valence-corrected chi connectivity index (χ4v) is 3.01. The van der Waals surface area contributed by atoms with E-state index in [1.165, 1.54) is 11.0 Å². The lowest BCUT2D eigenvalue weighted by Crippen LogP contribution is -2.41. The number of hydrogen-bond donors (Lipinski definition) is 1. The zero-order chi connectivity index (χ0) is 14.9. The van der Waals surface area contributed by atoms with Gasteiger partial charge in [0.05, 0.1) is 5.56 Å². The van der Waals surface area contributed by atoms with Gasteiger partial charge in [-0.1, -0.05) is 0 Å². The molecule has 0 saturated carbocycles. The van der Waals surface area contributed by atoms with E-state index in [1.807, 2.05) is 0 Å². The van der Waals surface area contributed by atoms with Gasteiger partial charge >= 0.3 is 6.18 Å². The number of anilines is 1. The Bertz CT molecular complexity index is 550. The van der Waals surface area contributed by atoms with Gasteiger partial charge in [0.25, 0.3) is 5.91 Å². The lowest BCUT2D eigenvalue weighted by atomic mass is 10.1. The Morgan fingerprint density at radius 1 is 1.25 bits per heavy atom. The van der Waals surface area contributed by atoms with Crippen LogP contribution in [-0.4, -0.2) is 39.6 Å². The average molecular weight is 306 g/mol. The molecule has 0 bridgehead atoms. The molecule has 1 heterocycles. The second-order valence-corrected chi connectivity index (χ2v) is 6.14. The molecule has 1 fully saturated rings. The number of nitrogens with zero attached hydrogens (tertiary/aromatic N) is 1. The first-order valence-corrected chi connectivity index (χ1v) is 7.39. The first kappa shape index (κ1) is 14.8. The van der Waals surface area contributed by atoms with Crippen LogP contribution in [0, 0.1) is 0 Å². The van der Waals surface area contributed by atoms with Crippen LogP contribution in [0.4, 0.5) is 18.9 Å². The summed E-state index contributed by atoms with van der Waals surface area (Å²) in [5.74, 6) is 0.215. The number of nitrogen functional groups attached to an aromatic ring is 1. The van der Waals surface area contributed by atoms with E-state index in [2.05, 4.69) is 0 Å². The normalized spacial score (nSPS) is 17.2. The Morgan fingerprint density at radius 3 is 2.40 bits per heavy atom. The molecule has 1 aliphatic rings. The predicted octanol–water partition coefficient (Wildman–Crippen LogP) is 1.49. The van der Waals surface area contributed by atoms with Crippen LogP contribution in [0.3, 0.4) is 0 Å². The van der Waals surface area contributed by atoms with E-state index in [9.17, 15) is 22.2 Å². The molecule has 0 aromatic heterocycles. The smallest absolute Gasteiger partial charge is 0.398 e. The molecule has 4 nitrogen and oxygen atoms in total. The molecule has 0 radical (unpaired) electrons. The number of hydrogen-bond acceptors (Lipinski definition) is 3. The van der Waals surface area contributed by atoms with Gasteiger partial charge in [-0.25, -0.2) is 0 Å². The zero-order valence-corrected chi connectivity index (χ0v) is 11.3. The molecule has 1 aromatic rings. The number of nitrogens with two attached hydrogens (primary N) is 1. The topological polar surface area (TPSA) is 63.4 Å². The fourth-order valence-electron chi connectivity index (χ4n) is 1.96. The van der Waals surface area contributed by atoms with Gasteiger partial charge in [-0.2, -0.15) is 13.2 Å². The second-order valence-electron chi connectivity index (χ2n) is 4.44. The maximum absolute atomic E-state index is 12.7. The molecule has 2 N–H and O–H groups in total. The summed E-state index contributed by atoms with van der Waals surface area (Å²) in [6.07, 6.45) is -4.59. The lowest BCUT2D eigenvalue weighted by molar-refractivity contribution is -0.136. The summed E-state index contributed by atoms with van der Waals surface area (Å²) in [5, 5.41) is 0. The third-order valence-electron chi connectivity index (χ3n) is 3.07. The zero-order valence-electron chi connectivity index (χ0n) is 10.4. The first-order valence-electron chi connectivity index (χ1n) is 5.90. The van der Waals surface area contributed by atoms with Crippen LogP contribution in [0.15, 0.2) is 18.2 Å². The van der Waals surface area contributed by atoms with Crippen molar-refractivity contribution in [3.8, 4) is 0 Å². The molecule has 0 aliphatic carbocycles. The van der Waals surface area contributed by atoms with Gasteiger partial charge in [0.15, 0.2) is 0 Å². The number of rotatable bonds is 1. The summed E-state index contributed by atoms with van der Waals surface area (Å²) in [4.78, 5) is 13.5. The van der Waals surface area contributed by atoms with E-state index >= 15 is 0 Å². The van der Waals surface area contributed by atoms with Crippen LogP contribution in [0.25, 0.3) is 0 Å². The van der Waals surface area contributed by atoms with Gasteiger partial charge in [-0.05, 0) is 18.2 Å². The Morgan fingerprint density at radius 2 is 1.85 bits per heavy atom. The molecule has 2 rings (SSSR count). The minimum Gasteiger partial charge on any atom is -0.398 e. The maximum atomic E-state index is 12.7. The number of carbonyl (C=O) groups excluding carboxylic acids is 1. The van der Waals surface area contributed by atoms with E-state index in [4.69, 9.17) is 5.73 Å². The number of alkyl halides is 3. The van der Waals surface area contributed by atoms with E-state index in [1.54, 1.807) is 0 Å². The molecule has 1 aromatic carbocycles. The van der Waals surface area contributed by atoms with E-state index in [0.717, 1.165) is 12.1 Å². The van der Waals surface area contributed by atoms with Crippen LogP contribution in [0.1, 0.15) is 15.9 Å². The van der Waals surface area contributed by atoms with Gasteiger partial charge in [-0.15, -0.1) is 0 Å². The maximum Gasteiger partial charge on any atom is 0.418 e. The lowest BCUT2D eigenvalue weighted by Gasteiger charge is -2.26. The van der Waals surface area contributed by atoms with Crippen LogP contribution < -0.4 is 5.73 Å². The van der Waals surface area contributed by atoms with Crippen molar-refractivity contribution in [2.75, 3.05) is 30.3 Å². The molecule has 1 amide bonds. The minimum absolute atomic E-state index is 0.0563. The van der Waals surface area contributed by atoms with E-state index in [0.29, 0.717) is 11.5 Å². The Kier molecular flexibility index (Phi) is 4.03. The SMILES string of the molecule is Nc1ccc(C(=O)N2CCS(=O)CC2)cc1C(F)(F)F. The number of amides is 1. The van der Waals surface area contributed by atoms with Crippen molar-refractivity contribution >= 4 is 22.4 Å². The van der Waals surface area contributed by atoms with Crippen LogP contribution >= 0.6 is 0 Å². The highest BCUT2D eigenvalue weighted by molar-refractivity contribution is 7.85. The minimum atomic E-state index is -4.59. The van der Waals surface area contributed by atoms with Crippen molar-refractivity contribution in [1.82, 2.24) is 4.90 Å². The van der Waals surface area contributed by atoms with Crippen molar-refractivity contribution in [2.24, 2.45) is 0 Å². The molecule has 110 valence electrons. The molecule has 0 spiro atoms. The van der Waals surface area contributed by atoms with Crippen molar-refractivity contribution in [2.45, 2.75) is 6.18 Å². The summed E-state index contributed by atoms with van der Waals surface area (Å²) in [6, 6.07) is 3.12. The van der Waals surface area contributed by atoms with Crippen molar-refractivity contribution in [3.05, 3.63) is 29.3 Å². The van der Waals surface area contributed by atoms with E-state index in [-0.39, 0.29) is 18.7 Å². The van der Waals surface area contributed by atoms with Crippen molar-refractivity contribution < 1.29 is 22.2 Å². The van der Waals surface area contributed by atoms with Crippen LogP contribution in [0.5, 0.6) is 0 Å². The number of carbonyl (C=O) groups is 1. The first-order chi connectivity index (χ1) is 9.29. The molecule has 20 heavy (non-hydrogen) atoms. The monoisotopic (exact) mass is 306 g/mol.